The first-order chi connectivity index (χ1) is 9.86. The molecule has 0 aromatic heterocycles. The van der Waals surface area contributed by atoms with Gasteiger partial charge in [0.05, 0.1) is 21.8 Å². The Morgan fingerprint density at radius 2 is 1.86 bits per heavy atom. The highest BCUT2D eigenvalue weighted by Gasteiger charge is 2.05. The van der Waals surface area contributed by atoms with Gasteiger partial charge < -0.3 is 0 Å². The van der Waals surface area contributed by atoms with Crippen LogP contribution in [0.4, 0.5) is 10.1 Å². The van der Waals surface area contributed by atoms with Crippen LogP contribution in [0.2, 0.25) is 5.02 Å². The number of anilines is 1. The molecule has 4 nitrogen and oxygen atoms in total. The Kier molecular flexibility index (Phi) is 4.59. The number of rotatable bonds is 4. The smallest absolute Gasteiger partial charge is 0.175 e. The SMILES string of the molecule is CS(=O)(=O)c1ccc(/C=N/Nc2ccc(F)c(Cl)c2)cc1. The Morgan fingerprint density at radius 1 is 1.19 bits per heavy atom. The summed E-state index contributed by atoms with van der Waals surface area (Å²) in [5.74, 6) is -0.498. The fraction of sp³-hybridized carbons (Fsp3) is 0.0714. The zero-order chi connectivity index (χ0) is 15.5. The van der Waals surface area contributed by atoms with Crippen LogP contribution in [-0.4, -0.2) is 20.9 Å². The third-order valence-corrected chi connectivity index (χ3v) is 4.05. The predicted octanol–water partition coefficient (Wildman–Crippen LogP) is 3.33. The fourth-order valence-electron chi connectivity index (χ4n) is 1.55. The van der Waals surface area contributed by atoms with E-state index in [1.54, 1.807) is 12.1 Å². The first-order valence-electron chi connectivity index (χ1n) is 5.90. The number of nitrogens with zero attached hydrogens (tertiary/aromatic N) is 1. The molecule has 0 heterocycles. The molecule has 0 amide bonds. The van der Waals surface area contributed by atoms with Crippen molar-refractivity contribution in [2.24, 2.45) is 5.10 Å². The van der Waals surface area contributed by atoms with Crippen molar-refractivity contribution >= 4 is 33.3 Å². The number of hydrogen-bond donors (Lipinski definition) is 1. The third-order valence-electron chi connectivity index (χ3n) is 2.64. The normalized spacial score (nSPS) is 11.8. The lowest BCUT2D eigenvalue weighted by Gasteiger charge is -2.01. The summed E-state index contributed by atoms with van der Waals surface area (Å²) in [6.45, 7) is 0. The molecular formula is C14H12ClFN2O2S. The van der Waals surface area contributed by atoms with Crippen LogP contribution in [0.3, 0.4) is 0 Å². The van der Waals surface area contributed by atoms with Gasteiger partial charge in [-0.15, -0.1) is 0 Å². The Bertz CT molecular complexity index is 774. The lowest BCUT2D eigenvalue weighted by atomic mass is 10.2. The van der Waals surface area contributed by atoms with Crippen LogP contribution < -0.4 is 5.43 Å². The van der Waals surface area contributed by atoms with Crippen LogP contribution in [0.5, 0.6) is 0 Å². The quantitative estimate of drug-likeness (QED) is 0.692. The van der Waals surface area contributed by atoms with Gasteiger partial charge in [0.25, 0.3) is 0 Å². The Balaban J connectivity index is 2.06. The van der Waals surface area contributed by atoms with Crippen molar-refractivity contribution < 1.29 is 12.8 Å². The van der Waals surface area contributed by atoms with Crippen LogP contribution in [0.15, 0.2) is 52.5 Å². The van der Waals surface area contributed by atoms with Crippen molar-refractivity contribution in [1.29, 1.82) is 0 Å². The molecule has 0 radical (unpaired) electrons. The number of halogens is 2. The summed E-state index contributed by atoms with van der Waals surface area (Å²) >= 11 is 5.65. The van der Waals surface area contributed by atoms with Crippen molar-refractivity contribution in [1.82, 2.24) is 0 Å². The molecule has 21 heavy (non-hydrogen) atoms. The predicted molar refractivity (Wildman–Crippen MR) is 82.2 cm³/mol. The van der Waals surface area contributed by atoms with Gasteiger partial charge in [-0.1, -0.05) is 23.7 Å². The third kappa shape index (κ3) is 4.27. The Hall–Kier alpha value is -1.92. The van der Waals surface area contributed by atoms with Gasteiger partial charge in [0, 0.05) is 6.26 Å². The minimum Gasteiger partial charge on any atom is -0.278 e. The zero-order valence-electron chi connectivity index (χ0n) is 11.0. The van der Waals surface area contributed by atoms with Gasteiger partial charge in [0.2, 0.25) is 0 Å². The Labute approximate surface area is 127 Å². The molecule has 2 aromatic carbocycles. The molecule has 0 saturated carbocycles. The molecule has 1 N–H and O–H groups in total. The van der Waals surface area contributed by atoms with Crippen LogP contribution in [0.1, 0.15) is 5.56 Å². The second-order valence-electron chi connectivity index (χ2n) is 4.34. The molecule has 7 heteroatoms. The summed E-state index contributed by atoms with van der Waals surface area (Å²) < 4.78 is 35.6. The van der Waals surface area contributed by atoms with Gasteiger partial charge in [-0.05, 0) is 35.9 Å². The fourth-order valence-corrected chi connectivity index (χ4v) is 2.36. The van der Waals surface area contributed by atoms with Crippen LogP contribution in [-0.2, 0) is 9.84 Å². The van der Waals surface area contributed by atoms with Gasteiger partial charge >= 0.3 is 0 Å². The highest BCUT2D eigenvalue weighted by atomic mass is 35.5. The van der Waals surface area contributed by atoms with E-state index in [4.69, 9.17) is 11.6 Å². The summed E-state index contributed by atoms with van der Waals surface area (Å²) in [4.78, 5) is 0.248. The average molecular weight is 327 g/mol. The number of nitrogens with one attached hydrogen (secondary N) is 1. The summed E-state index contributed by atoms with van der Waals surface area (Å²) in [6, 6.07) is 10.4. The van der Waals surface area contributed by atoms with Crippen LogP contribution >= 0.6 is 11.6 Å². The van der Waals surface area contributed by atoms with Crippen molar-refractivity contribution in [3.63, 3.8) is 0 Å². The van der Waals surface area contributed by atoms with E-state index in [1.807, 2.05) is 0 Å². The van der Waals surface area contributed by atoms with E-state index in [0.29, 0.717) is 5.69 Å². The first-order valence-corrected chi connectivity index (χ1v) is 8.17. The number of benzene rings is 2. The molecule has 0 atom stereocenters. The topological polar surface area (TPSA) is 58.5 Å². The minimum atomic E-state index is -3.20. The number of hydrazone groups is 1. The second-order valence-corrected chi connectivity index (χ2v) is 6.76. The van der Waals surface area contributed by atoms with Gasteiger partial charge in [-0.25, -0.2) is 12.8 Å². The van der Waals surface area contributed by atoms with Crippen LogP contribution in [0.25, 0.3) is 0 Å². The largest absolute Gasteiger partial charge is 0.278 e. The molecule has 0 fully saturated rings. The summed E-state index contributed by atoms with van der Waals surface area (Å²) in [5, 5.41) is 3.98. The van der Waals surface area contributed by atoms with Crippen molar-refractivity contribution in [3.8, 4) is 0 Å². The molecule has 0 unspecified atom stereocenters. The molecule has 0 aliphatic carbocycles. The summed E-state index contributed by atoms with van der Waals surface area (Å²) in [5.41, 5.74) is 3.98. The highest BCUT2D eigenvalue weighted by Crippen LogP contribution is 2.19. The maximum atomic E-state index is 13.0. The lowest BCUT2D eigenvalue weighted by molar-refractivity contribution is 0.602. The molecular weight excluding hydrogens is 315 g/mol. The molecule has 0 spiro atoms. The highest BCUT2D eigenvalue weighted by molar-refractivity contribution is 7.90. The molecule has 0 bridgehead atoms. The molecule has 0 aliphatic heterocycles. The molecule has 2 rings (SSSR count). The van der Waals surface area contributed by atoms with Crippen molar-refractivity contribution in [2.45, 2.75) is 4.90 Å². The zero-order valence-corrected chi connectivity index (χ0v) is 12.6. The van der Waals surface area contributed by atoms with E-state index in [1.165, 1.54) is 36.5 Å². The molecule has 0 aliphatic rings. The molecule has 110 valence electrons. The molecule has 0 saturated heterocycles. The minimum absolute atomic E-state index is 0.00713. The van der Waals surface area contributed by atoms with E-state index in [0.717, 1.165) is 11.8 Å². The standard InChI is InChI=1S/C14H12ClFN2O2S/c1-21(19,20)12-5-2-10(3-6-12)9-17-18-11-4-7-14(16)13(15)8-11/h2-9,18H,1H3/b17-9+. The number of hydrogen-bond acceptors (Lipinski definition) is 4. The van der Waals surface area contributed by atoms with Gasteiger partial charge in [0.15, 0.2) is 9.84 Å². The summed E-state index contributed by atoms with van der Waals surface area (Å²) in [7, 11) is -3.20. The number of sulfone groups is 1. The second kappa shape index (κ2) is 6.24. The first kappa shape index (κ1) is 15.5. The lowest BCUT2D eigenvalue weighted by Crippen LogP contribution is -1.97. The van der Waals surface area contributed by atoms with E-state index in [2.05, 4.69) is 10.5 Å². The maximum Gasteiger partial charge on any atom is 0.175 e. The van der Waals surface area contributed by atoms with Gasteiger partial charge in [0.1, 0.15) is 5.82 Å². The molecule has 2 aromatic rings. The van der Waals surface area contributed by atoms with E-state index < -0.39 is 15.7 Å². The van der Waals surface area contributed by atoms with E-state index >= 15 is 0 Å². The van der Waals surface area contributed by atoms with Gasteiger partial charge in [-0.2, -0.15) is 5.10 Å². The van der Waals surface area contributed by atoms with Gasteiger partial charge in [-0.3, -0.25) is 5.43 Å². The van der Waals surface area contributed by atoms with E-state index in [9.17, 15) is 12.8 Å². The average Bonchev–Trinajstić information content (AvgIpc) is 2.42. The van der Waals surface area contributed by atoms with Crippen molar-refractivity contribution in [3.05, 3.63) is 58.9 Å². The van der Waals surface area contributed by atoms with E-state index in [-0.39, 0.29) is 9.92 Å². The summed E-state index contributed by atoms with van der Waals surface area (Å²) in [6.07, 6.45) is 2.67. The maximum absolute atomic E-state index is 13.0. The monoisotopic (exact) mass is 326 g/mol. The van der Waals surface area contributed by atoms with Crippen molar-refractivity contribution in [2.75, 3.05) is 11.7 Å². The Morgan fingerprint density at radius 3 is 2.43 bits per heavy atom. The van der Waals surface area contributed by atoms with Crippen LogP contribution in [0, 0.1) is 5.82 Å².